The van der Waals surface area contributed by atoms with Crippen LogP contribution in [0, 0.1) is 5.41 Å². The topological polar surface area (TPSA) is 49.3 Å². The molecule has 0 spiro atoms. The van der Waals surface area contributed by atoms with Crippen LogP contribution < -0.4 is 5.32 Å². The first-order valence-corrected chi connectivity index (χ1v) is 8.60. The highest BCUT2D eigenvalue weighted by molar-refractivity contribution is 5.81. The number of allylic oxidation sites excluding steroid dienone is 2. The molecule has 0 saturated heterocycles. The summed E-state index contributed by atoms with van der Waals surface area (Å²) in [6.45, 7) is 6.44. The summed E-state index contributed by atoms with van der Waals surface area (Å²) >= 11 is 0. The highest BCUT2D eigenvalue weighted by atomic mass is 16.3. The Balaban J connectivity index is 2.39. The van der Waals surface area contributed by atoms with Gasteiger partial charge in [-0.05, 0) is 37.2 Å². The predicted octanol–water partition coefficient (Wildman–Crippen LogP) is 4.04. The summed E-state index contributed by atoms with van der Waals surface area (Å²) in [5.41, 5.74) is 0.992. The largest absolute Gasteiger partial charge is 0.395 e. The maximum absolute atomic E-state index is 12.0. The number of nitrogens with one attached hydrogen (secondary N) is 1. The second-order valence-corrected chi connectivity index (χ2v) is 6.63. The zero-order chi connectivity index (χ0) is 17.1. The molecule has 0 saturated carbocycles. The summed E-state index contributed by atoms with van der Waals surface area (Å²) in [6.07, 6.45) is 8.30. The van der Waals surface area contributed by atoms with E-state index in [1.807, 2.05) is 13.8 Å². The Hall–Kier alpha value is -1.61. The van der Waals surface area contributed by atoms with Gasteiger partial charge in [-0.25, -0.2) is 0 Å². The fraction of sp³-hybridized carbons (Fsp3) is 0.550. The quantitative estimate of drug-likeness (QED) is 0.640. The molecule has 0 bridgehead atoms. The molecule has 1 rings (SSSR count). The third kappa shape index (κ3) is 7.00. The van der Waals surface area contributed by atoms with Crippen molar-refractivity contribution < 1.29 is 9.90 Å². The van der Waals surface area contributed by atoms with Crippen LogP contribution in [0.25, 0.3) is 0 Å². The molecule has 0 radical (unpaired) electrons. The van der Waals surface area contributed by atoms with Crippen LogP contribution in [0.4, 0.5) is 0 Å². The van der Waals surface area contributed by atoms with E-state index < -0.39 is 5.41 Å². The van der Waals surface area contributed by atoms with Gasteiger partial charge in [0.05, 0.1) is 6.61 Å². The van der Waals surface area contributed by atoms with Crippen LogP contribution in [0.2, 0.25) is 0 Å². The van der Waals surface area contributed by atoms with Crippen molar-refractivity contribution >= 4 is 5.91 Å². The molecule has 0 aromatic heterocycles. The Morgan fingerprint density at radius 2 is 1.96 bits per heavy atom. The Bertz CT molecular complexity index is 480. The average Bonchev–Trinajstić information content (AvgIpc) is 2.56. The predicted molar refractivity (Wildman–Crippen MR) is 96.3 cm³/mol. The van der Waals surface area contributed by atoms with Crippen molar-refractivity contribution in [3.63, 3.8) is 0 Å². The zero-order valence-electron chi connectivity index (χ0n) is 14.7. The average molecular weight is 317 g/mol. The van der Waals surface area contributed by atoms with E-state index in [2.05, 4.69) is 54.7 Å². The van der Waals surface area contributed by atoms with E-state index in [1.54, 1.807) is 0 Å². The van der Waals surface area contributed by atoms with Crippen LogP contribution in [-0.4, -0.2) is 24.2 Å². The van der Waals surface area contributed by atoms with Crippen molar-refractivity contribution in [2.24, 2.45) is 5.41 Å². The van der Waals surface area contributed by atoms with Gasteiger partial charge in [0.25, 0.3) is 0 Å². The lowest BCUT2D eigenvalue weighted by Gasteiger charge is -2.22. The summed E-state index contributed by atoms with van der Waals surface area (Å²) in [7, 11) is 0. The third-order valence-corrected chi connectivity index (χ3v) is 4.30. The van der Waals surface area contributed by atoms with E-state index in [9.17, 15) is 4.79 Å². The van der Waals surface area contributed by atoms with Crippen LogP contribution in [0.1, 0.15) is 57.9 Å². The summed E-state index contributed by atoms with van der Waals surface area (Å²) < 4.78 is 0. The van der Waals surface area contributed by atoms with Crippen molar-refractivity contribution in [2.45, 2.75) is 52.4 Å². The van der Waals surface area contributed by atoms with Crippen LogP contribution >= 0.6 is 0 Å². The van der Waals surface area contributed by atoms with Gasteiger partial charge in [-0.2, -0.15) is 0 Å². The second kappa shape index (κ2) is 10.2. The number of hydrogen-bond donors (Lipinski definition) is 2. The molecule has 1 amide bonds. The monoisotopic (exact) mass is 317 g/mol. The van der Waals surface area contributed by atoms with Gasteiger partial charge < -0.3 is 10.4 Å². The molecule has 0 aliphatic rings. The van der Waals surface area contributed by atoms with E-state index in [0.717, 1.165) is 25.7 Å². The minimum absolute atomic E-state index is 0.00988. The number of benzene rings is 1. The standard InChI is InChI=1S/C20H31NO2/c1-4-17(18-12-7-5-8-13-18)11-9-6-10-14-20(2,3)19(23)21-15-16-22/h5-9,12-13,17,22H,4,10-11,14-16H2,1-3H3,(H,21,23)/b9-6+. The van der Waals surface area contributed by atoms with Gasteiger partial charge in [0, 0.05) is 12.0 Å². The third-order valence-electron chi connectivity index (χ3n) is 4.30. The zero-order valence-corrected chi connectivity index (χ0v) is 14.7. The smallest absolute Gasteiger partial charge is 0.225 e. The van der Waals surface area contributed by atoms with Gasteiger partial charge in [0.15, 0.2) is 0 Å². The number of aliphatic hydroxyl groups is 1. The van der Waals surface area contributed by atoms with E-state index >= 15 is 0 Å². The lowest BCUT2D eigenvalue weighted by Crippen LogP contribution is -2.38. The van der Waals surface area contributed by atoms with Crippen molar-refractivity contribution in [1.82, 2.24) is 5.32 Å². The Morgan fingerprint density at radius 3 is 2.57 bits per heavy atom. The maximum atomic E-state index is 12.0. The highest BCUT2D eigenvalue weighted by Crippen LogP contribution is 2.25. The Labute approximate surface area is 140 Å². The number of amides is 1. The minimum Gasteiger partial charge on any atom is -0.395 e. The second-order valence-electron chi connectivity index (χ2n) is 6.63. The van der Waals surface area contributed by atoms with Crippen molar-refractivity contribution in [3.05, 3.63) is 48.0 Å². The van der Waals surface area contributed by atoms with Crippen molar-refractivity contribution in [1.29, 1.82) is 0 Å². The molecular weight excluding hydrogens is 286 g/mol. The van der Waals surface area contributed by atoms with Crippen molar-refractivity contribution in [3.8, 4) is 0 Å². The van der Waals surface area contributed by atoms with E-state index in [-0.39, 0.29) is 12.5 Å². The minimum atomic E-state index is -0.400. The molecule has 23 heavy (non-hydrogen) atoms. The maximum Gasteiger partial charge on any atom is 0.225 e. The number of aliphatic hydroxyl groups excluding tert-OH is 1. The van der Waals surface area contributed by atoms with Gasteiger partial charge >= 0.3 is 0 Å². The summed E-state index contributed by atoms with van der Waals surface area (Å²) in [5, 5.41) is 11.5. The molecule has 3 heteroatoms. The molecule has 3 nitrogen and oxygen atoms in total. The van der Waals surface area contributed by atoms with Gasteiger partial charge in [-0.1, -0.05) is 63.3 Å². The molecule has 1 atom stereocenters. The normalized spacial score (nSPS) is 13.2. The van der Waals surface area contributed by atoms with Crippen LogP contribution in [0.3, 0.4) is 0 Å². The molecule has 0 fully saturated rings. The fourth-order valence-corrected chi connectivity index (χ4v) is 2.61. The number of carbonyl (C=O) groups is 1. The van der Waals surface area contributed by atoms with E-state index in [0.29, 0.717) is 12.5 Å². The van der Waals surface area contributed by atoms with Crippen molar-refractivity contribution in [2.75, 3.05) is 13.2 Å². The first-order chi connectivity index (χ1) is 11.0. The number of hydrogen-bond acceptors (Lipinski definition) is 2. The fourth-order valence-electron chi connectivity index (χ4n) is 2.61. The number of carbonyl (C=O) groups excluding carboxylic acids is 1. The highest BCUT2D eigenvalue weighted by Gasteiger charge is 2.25. The lowest BCUT2D eigenvalue weighted by atomic mass is 9.86. The molecule has 128 valence electrons. The Morgan fingerprint density at radius 1 is 1.26 bits per heavy atom. The lowest BCUT2D eigenvalue weighted by molar-refractivity contribution is -0.129. The molecule has 0 aliphatic carbocycles. The summed E-state index contributed by atoms with van der Waals surface area (Å²) in [4.78, 5) is 12.0. The SMILES string of the molecule is CCC(C/C=C/CCC(C)(C)C(=O)NCCO)c1ccccc1. The molecule has 0 heterocycles. The van der Waals surface area contributed by atoms with Crippen LogP contribution in [0.5, 0.6) is 0 Å². The molecular formula is C20H31NO2. The van der Waals surface area contributed by atoms with Gasteiger partial charge in [-0.15, -0.1) is 0 Å². The van der Waals surface area contributed by atoms with Crippen LogP contribution in [0.15, 0.2) is 42.5 Å². The van der Waals surface area contributed by atoms with E-state index in [4.69, 9.17) is 5.11 Å². The molecule has 1 aromatic rings. The van der Waals surface area contributed by atoms with Gasteiger partial charge in [0.2, 0.25) is 5.91 Å². The van der Waals surface area contributed by atoms with E-state index in [1.165, 1.54) is 5.56 Å². The summed E-state index contributed by atoms with van der Waals surface area (Å²) in [6, 6.07) is 10.6. The Kier molecular flexibility index (Phi) is 8.64. The first-order valence-electron chi connectivity index (χ1n) is 8.60. The van der Waals surface area contributed by atoms with Crippen LogP contribution in [-0.2, 0) is 4.79 Å². The molecule has 0 aliphatic heterocycles. The molecule has 1 unspecified atom stereocenters. The summed E-state index contributed by atoms with van der Waals surface area (Å²) in [5.74, 6) is 0.573. The number of rotatable bonds is 10. The van der Waals surface area contributed by atoms with Gasteiger partial charge in [-0.3, -0.25) is 4.79 Å². The molecule has 1 aromatic carbocycles. The molecule has 2 N–H and O–H groups in total. The first kappa shape index (κ1) is 19.4. The van der Waals surface area contributed by atoms with Gasteiger partial charge in [0.1, 0.15) is 0 Å².